The van der Waals surface area contributed by atoms with Gasteiger partial charge in [0.15, 0.2) is 0 Å². The van der Waals surface area contributed by atoms with Crippen molar-refractivity contribution >= 4 is 27.0 Å². The number of aromatic nitrogens is 2. The zero-order valence-corrected chi connectivity index (χ0v) is 12.7. The molecule has 2 N–H and O–H groups in total. The molecule has 0 unspecified atom stereocenters. The van der Waals surface area contributed by atoms with E-state index in [0.29, 0.717) is 6.54 Å². The summed E-state index contributed by atoms with van der Waals surface area (Å²) in [5.74, 6) is 0. The number of halogens is 1. The van der Waals surface area contributed by atoms with E-state index in [9.17, 15) is 0 Å². The summed E-state index contributed by atoms with van der Waals surface area (Å²) < 4.78 is 3.30. The van der Waals surface area contributed by atoms with Gasteiger partial charge in [-0.1, -0.05) is 28.1 Å². The van der Waals surface area contributed by atoms with E-state index in [0.717, 1.165) is 23.1 Å². The van der Waals surface area contributed by atoms with E-state index in [1.54, 1.807) is 0 Å². The molecule has 102 valence electrons. The zero-order chi connectivity index (χ0) is 13.9. The minimum absolute atomic E-state index is 0.659. The number of hydrogen-bond donors (Lipinski definition) is 1. The van der Waals surface area contributed by atoms with Crippen LogP contribution in [0.25, 0.3) is 11.0 Å². The summed E-state index contributed by atoms with van der Waals surface area (Å²) in [5.41, 5.74) is 9.25. The Hall–Kier alpha value is -1.65. The maximum Gasteiger partial charge on any atom is 0.140 e. The molecule has 0 saturated heterocycles. The molecule has 0 aliphatic heterocycles. The number of pyridine rings is 1. The van der Waals surface area contributed by atoms with Gasteiger partial charge < -0.3 is 10.3 Å². The van der Waals surface area contributed by atoms with E-state index in [-0.39, 0.29) is 0 Å². The molecule has 2 heterocycles. The first kappa shape index (κ1) is 13.3. The predicted octanol–water partition coefficient (Wildman–Crippen LogP) is 3.35. The minimum atomic E-state index is 0.659. The fraction of sp³-hybridized carbons (Fsp3) is 0.188. The molecule has 4 heteroatoms. The summed E-state index contributed by atoms with van der Waals surface area (Å²) in [6.45, 7) is 1.48. The molecule has 0 atom stereocenters. The van der Waals surface area contributed by atoms with E-state index < -0.39 is 0 Å². The maximum atomic E-state index is 5.70. The van der Waals surface area contributed by atoms with Crippen molar-refractivity contribution in [3.8, 4) is 0 Å². The zero-order valence-electron chi connectivity index (χ0n) is 11.1. The Labute approximate surface area is 126 Å². The van der Waals surface area contributed by atoms with Gasteiger partial charge in [-0.3, -0.25) is 0 Å². The Morgan fingerprint density at radius 3 is 2.70 bits per heavy atom. The Morgan fingerprint density at radius 1 is 1.15 bits per heavy atom. The van der Waals surface area contributed by atoms with Crippen molar-refractivity contribution in [3.63, 3.8) is 0 Å². The Bertz CT molecular complexity index is 716. The lowest BCUT2D eigenvalue weighted by Crippen LogP contribution is -2.02. The molecule has 0 radical (unpaired) electrons. The molecule has 0 fully saturated rings. The standard InChI is InChI=1S/C16H16BrN3/c17-14-5-3-12(4-6-14)10-20-11-13(7-8-18)15-2-1-9-19-16(15)20/h1-6,9,11H,7-8,10,18H2. The molecule has 3 rings (SSSR count). The second-order valence-corrected chi connectivity index (χ2v) is 5.74. The summed E-state index contributed by atoms with van der Waals surface area (Å²) in [5, 5.41) is 1.20. The molecule has 1 aromatic carbocycles. The van der Waals surface area contributed by atoms with Gasteiger partial charge in [0.2, 0.25) is 0 Å². The molecule has 0 saturated carbocycles. The molecule has 2 aromatic heterocycles. The van der Waals surface area contributed by atoms with Crippen LogP contribution in [-0.2, 0) is 13.0 Å². The summed E-state index contributed by atoms with van der Waals surface area (Å²) in [6, 6.07) is 12.5. The molecular formula is C16H16BrN3. The third kappa shape index (κ3) is 2.62. The van der Waals surface area contributed by atoms with Crippen molar-refractivity contribution in [2.24, 2.45) is 5.73 Å². The van der Waals surface area contributed by atoms with Crippen molar-refractivity contribution in [1.82, 2.24) is 9.55 Å². The van der Waals surface area contributed by atoms with E-state index >= 15 is 0 Å². The first-order valence-electron chi connectivity index (χ1n) is 6.65. The van der Waals surface area contributed by atoms with E-state index in [4.69, 9.17) is 5.73 Å². The topological polar surface area (TPSA) is 43.8 Å². The number of fused-ring (bicyclic) bond motifs is 1. The first-order valence-corrected chi connectivity index (χ1v) is 7.44. The van der Waals surface area contributed by atoms with Crippen LogP contribution in [0.4, 0.5) is 0 Å². The third-order valence-corrected chi connectivity index (χ3v) is 3.92. The quantitative estimate of drug-likeness (QED) is 0.797. The predicted molar refractivity (Wildman–Crippen MR) is 85.7 cm³/mol. The number of hydrogen-bond acceptors (Lipinski definition) is 2. The van der Waals surface area contributed by atoms with Crippen LogP contribution in [0.15, 0.2) is 53.3 Å². The minimum Gasteiger partial charge on any atom is -0.330 e. The van der Waals surface area contributed by atoms with Crippen molar-refractivity contribution in [2.45, 2.75) is 13.0 Å². The Balaban J connectivity index is 2.00. The highest BCUT2D eigenvalue weighted by Gasteiger charge is 2.08. The lowest BCUT2D eigenvalue weighted by atomic mass is 10.2. The van der Waals surface area contributed by atoms with Gasteiger partial charge in [0.1, 0.15) is 5.65 Å². The SMILES string of the molecule is NCCc1cn(Cc2ccc(Br)cc2)c2ncccc12. The van der Waals surface area contributed by atoms with Crippen molar-refractivity contribution in [1.29, 1.82) is 0 Å². The third-order valence-electron chi connectivity index (χ3n) is 3.40. The van der Waals surface area contributed by atoms with Gasteiger partial charge in [0, 0.05) is 28.8 Å². The molecule has 20 heavy (non-hydrogen) atoms. The first-order chi connectivity index (χ1) is 9.78. The number of benzene rings is 1. The highest BCUT2D eigenvalue weighted by Crippen LogP contribution is 2.21. The molecule has 0 bridgehead atoms. The van der Waals surface area contributed by atoms with Crippen LogP contribution in [-0.4, -0.2) is 16.1 Å². The molecule has 3 nitrogen and oxygen atoms in total. The highest BCUT2D eigenvalue weighted by atomic mass is 79.9. The van der Waals surface area contributed by atoms with Gasteiger partial charge in [-0.05, 0) is 48.4 Å². The molecule has 0 spiro atoms. The fourth-order valence-corrected chi connectivity index (χ4v) is 2.72. The fourth-order valence-electron chi connectivity index (χ4n) is 2.46. The van der Waals surface area contributed by atoms with Crippen molar-refractivity contribution < 1.29 is 0 Å². The van der Waals surface area contributed by atoms with Crippen LogP contribution in [0.1, 0.15) is 11.1 Å². The normalized spacial score (nSPS) is 11.1. The summed E-state index contributed by atoms with van der Waals surface area (Å²) in [6.07, 6.45) is 4.90. The average molecular weight is 330 g/mol. The Kier molecular flexibility index (Phi) is 3.85. The van der Waals surface area contributed by atoms with E-state index in [1.807, 2.05) is 12.3 Å². The van der Waals surface area contributed by atoms with Crippen molar-refractivity contribution in [3.05, 3.63) is 64.4 Å². The number of nitrogens with two attached hydrogens (primary N) is 1. The maximum absolute atomic E-state index is 5.70. The second kappa shape index (κ2) is 5.77. The lowest BCUT2D eigenvalue weighted by molar-refractivity contribution is 0.817. The van der Waals surface area contributed by atoms with E-state index in [1.165, 1.54) is 16.5 Å². The van der Waals surface area contributed by atoms with Crippen LogP contribution < -0.4 is 5.73 Å². The average Bonchev–Trinajstić information content (AvgIpc) is 2.81. The largest absolute Gasteiger partial charge is 0.330 e. The van der Waals surface area contributed by atoms with Gasteiger partial charge in [0.25, 0.3) is 0 Å². The highest BCUT2D eigenvalue weighted by molar-refractivity contribution is 9.10. The molecule has 0 amide bonds. The van der Waals surface area contributed by atoms with Crippen LogP contribution in [0.5, 0.6) is 0 Å². The van der Waals surface area contributed by atoms with Gasteiger partial charge in [-0.25, -0.2) is 4.98 Å². The van der Waals surface area contributed by atoms with Gasteiger partial charge >= 0.3 is 0 Å². The molecule has 3 aromatic rings. The smallest absolute Gasteiger partial charge is 0.140 e. The second-order valence-electron chi connectivity index (χ2n) is 4.82. The van der Waals surface area contributed by atoms with E-state index in [2.05, 4.69) is 62.0 Å². The molecular weight excluding hydrogens is 314 g/mol. The number of nitrogens with zero attached hydrogens (tertiary/aromatic N) is 2. The molecule has 0 aliphatic rings. The lowest BCUT2D eigenvalue weighted by Gasteiger charge is -2.05. The summed E-state index contributed by atoms with van der Waals surface area (Å²) in [4.78, 5) is 4.51. The van der Waals surface area contributed by atoms with Crippen LogP contribution >= 0.6 is 15.9 Å². The van der Waals surface area contributed by atoms with Gasteiger partial charge in [-0.15, -0.1) is 0 Å². The summed E-state index contributed by atoms with van der Waals surface area (Å²) >= 11 is 3.46. The Morgan fingerprint density at radius 2 is 1.95 bits per heavy atom. The van der Waals surface area contributed by atoms with Crippen molar-refractivity contribution in [2.75, 3.05) is 6.54 Å². The number of rotatable bonds is 4. The summed E-state index contributed by atoms with van der Waals surface area (Å²) in [7, 11) is 0. The van der Waals surface area contributed by atoms with Gasteiger partial charge in [0.05, 0.1) is 0 Å². The monoisotopic (exact) mass is 329 g/mol. The van der Waals surface area contributed by atoms with Gasteiger partial charge in [-0.2, -0.15) is 0 Å². The van der Waals surface area contributed by atoms with Crippen LogP contribution in [0.2, 0.25) is 0 Å². The van der Waals surface area contributed by atoms with Crippen LogP contribution in [0, 0.1) is 0 Å². The molecule has 0 aliphatic carbocycles. The van der Waals surface area contributed by atoms with Crippen LogP contribution in [0.3, 0.4) is 0 Å².